The van der Waals surface area contributed by atoms with Gasteiger partial charge in [0.1, 0.15) is 0 Å². The van der Waals surface area contributed by atoms with Gasteiger partial charge in [0.25, 0.3) is 0 Å². The fourth-order valence-electron chi connectivity index (χ4n) is 2.12. The molecule has 0 saturated carbocycles. The second-order valence-corrected chi connectivity index (χ2v) is 5.51. The highest BCUT2D eigenvalue weighted by Gasteiger charge is 2.07. The number of anilines is 1. The largest absolute Gasteiger partial charge is 0.338 e. The van der Waals surface area contributed by atoms with Gasteiger partial charge in [-0.25, -0.2) is 4.79 Å². The second-order valence-electron chi connectivity index (χ2n) is 4.67. The van der Waals surface area contributed by atoms with Crippen LogP contribution in [0.5, 0.6) is 0 Å². The lowest BCUT2D eigenvalue weighted by molar-refractivity contribution is 0.251. The summed E-state index contributed by atoms with van der Waals surface area (Å²) in [5.74, 6) is 0. The number of amides is 2. The lowest BCUT2D eigenvalue weighted by Gasteiger charge is -2.15. The van der Waals surface area contributed by atoms with Crippen LogP contribution < -0.4 is 10.6 Å². The topological polar surface area (TPSA) is 44.4 Å². The molecule has 0 atom stereocenters. The SMILES string of the molecule is CSc1ccccc1NC(=O)NCCCN1CC=CC1. The number of urea groups is 1. The highest BCUT2D eigenvalue weighted by Crippen LogP contribution is 2.24. The van der Waals surface area contributed by atoms with Crippen LogP contribution in [0.2, 0.25) is 0 Å². The maximum absolute atomic E-state index is 11.8. The third-order valence-electron chi connectivity index (χ3n) is 3.19. The molecular formula is C15H21N3OS. The minimum absolute atomic E-state index is 0.133. The summed E-state index contributed by atoms with van der Waals surface area (Å²) in [6.45, 7) is 3.79. The Balaban J connectivity index is 1.67. The zero-order chi connectivity index (χ0) is 14.2. The molecule has 0 radical (unpaired) electrons. The number of nitrogens with zero attached hydrogens (tertiary/aromatic N) is 1. The minimum atomic E-state index is -0.133. The predicted molar refractivity (Wildman–Crippen MR) is 85.4 cm³/mol. The molecule has 2 N–H and O–H groups in total. The molecule has 0 unspecified atom stereocenters. The number of hydrogen-bond donors (Lipinski definition) is 2. The molecule has 1 aromatic carbocycles. The van der Waals surface area contributed by atoms with Crippen molar-refractivity contribution in [1.29, 1.82) is 0 Å². The van der Waals surface area contributed by atoms with Crippen molar-refractivity contribution in [1.82, 2.24) is 10.2 Å². The molecule has 20 heavy (non-hydrogen) atoms. The Kier molecular flexibility index (Phi) is 5.95. The smallest absolute Gasteiger partial charge is 0.319 e. The Morgan fingerprint density at radius 1 is 1.30 bits per heavy atom. The number of rotatable bonds is 6. The lowest BCUT2D eigenvalue weighted by atomic mass is 10.3. The summed E-state index contributed by atoms with van der Waals surface area (Å²) in [5.41, 5.74) is 0.862. The van der Waals surface area contributed by atoms with Crippen molar-refractivity contribution in [3.05, 3.63) is 36.4 Å². The van der Waals surface area contributed by atoms with Crippen LogP contribution in [-0.4, -0.2) is 43.4 Å². The molecule has 1 aromatic rings. The van der Waals surface area contributed by atoms with Crippen LogP contribution in [0, 0.1) is 0 Å². The van der Waals surface area contributed by atoms with Crippen LogP contribution >= 0.6 is 11.8 Å². The standard InChI is InChI=1S/C15H21N3OS/c1-20-14-8-3-2-7-13(14)17-15(19)16-9-6-12-18-10-4-5-11-18/h2-5,7-8H,6,9-12H2,1H3,(H2,16,17,19). The van der Waals surface area contributed by atoms with E-state index in [1.807, 2.05) is 30.5 Å². The molecule has 5 heteroatoms. The van der Waals surface area contributed by atoms with Crippen molar-refractivity contribution < 1.29 is 4.79 Å². The zero-order valence-corrected chi connectivity index (χ0v) is 12.6. The first kappa shape index (κ1) is 14.9. The van der Waals surface area contributed by atoms with E-state index in [0.29, 0.717) is 6.54 Å². The van der Waals surface area contributed by atoms with Gasteiger partial charge in [0.2, 0.25) is 0 Å². The number of carbonyl (C=O) groups is 1. The Morgan fingerprint density at radius 2 is 2.05 bits per heavy atom. The van der Waals surface area contributed by atoms with E-state index >= 15 is 0 Å². The summed E-state index contributed by atoms with van der Waals surface area (Å²) in [4.78, 5) is 15.2. The van der Waals surface area contributed by atoms with Gasteiger partial charge in [-0.3, -0.25) is 4.90 Å². The highest BCUT2D eigenvalue weighted by molar-refractivity contribution is 7.98. The molecule has 0 fully saturated rings. The van der Waals surface area contributed by atoms with E-state index in [1.165, 1.54) is 0 Å². The first-order chi connectivity index (χ1) is 9.79. The van der Waals surface area contributed by atoms with Crippen molar-refractivity contribution in [2.24, 2.45) is 0 Å². The summed E-state index contributed by atoms with van der Waals surface area (Å²) in [6, 6.07) is 7.68. The van der Waals surface area contributed by atoms with Gasteiger partial charge in [-0.1, -0.05) is 24.3 Å². The fourth-order valence-corrected chi connectivity index (χ4v) is 2.68. The first-order valence-electron chi connectivity index (χ1n) is 6.85. The molecule has 2 rings (SSSR count). The van der Waals surface area contributed by atoms with Crippen LogP contribution in [0.3, 0.4) is 0 Å². The van der Waals surface area contributed by atoms with E-state index in [4.69, 9.17) is 0 Å². The predicted octanol–water partition coefficient (Wildman–Crippen LogP) is 2.79. The van der Waals surface area contributed by atoms with Gasteiger partial charge in [0.05, 0.1) is 5.69 Å². The molecule has 1 heterocycles. The van der Waals surface area contributed by atoms with Gasteiger partial charge in [0, 0.05) is 31.1 Å². The molecule has 0 aromatic heterocycles. The minimum Gasteiger partial charge on any atom is -0.338 e. The van der Waals surface area contributed by atoms with Crippen molar-refractivity contribution in [3.63, 3.8) is 0 Å². The summed E-state index contributed by atoms with van der Waals surface area (Å²) >= 11 is 1.63. The van der Waals surface area contributed by atoms with Gasteiger partial charge in [-0.05, 0) is 24.8 Å². The molecule has 2 amide bonds. The molecule has 1 aliphatic heterocycles. The average Bonchev–Trinajstić information content (AvgIpc) is 2.97. The summed E-state index contributed by atoms with van der Waals surface area (Å²) in [6.07, 6.45) is 7.33. The zero-order valence-electron chi connectivity index (χ0n) is 11.8. The quantitative estimate of drug-likeness (QED) is 0.481. The van der Waals surface area contributed by atoms with Gasteiger partial charge in [-0.15, -0.1) is 11.8 Å². The van der Waals surface area contributed by atoms with Crippen molar-refractivity contribution in [2.45, 2.75) is 11.3 Å². The maximum Gasteiger partial charge on any atom is 0.319 e. The number of thioether (sulfide) groups is 1. The van der Waals surface area contributed by atoms with Crippen LogP contribution in [0.1, 0.15) is 6.42 Å². The summed E-state index contributed by atoms with van der Waals surface area (Å²) in [5, 5.41) is 5.79. The number of nitrogens with one attached hydrogen (secondary N) is 2. The second kappa shape index (κ2) is 7.97. The molecule has 0 bridgehead atoms. The third kappa shape index (κ3) is 4.58. The molecule has 0 spiro atoms. The van der Waals surface area contributed by atoms with E-state index in [0.717, 1.165) is 36.6 Å². The van der Waals surface area contributed by atoms with Crippen molar-refractivity contribution in [3.8, 4) is 0 Å². The molecule has 108 valence electrons. The molecule has 1 aliphatic rings. The molecule has 0 aliphatic carbocycles. The average molecular weight is 291 g/mol. The number of para-hydroxylation sites is 1. The number of hydrogen-bond acceptors (Lipinski definition) is 3. The van der Waals surface area contributed by atoms with E-state index in [-0.39, 0.29) is 6.03 Å². The number of carbonyl (C=O) groups excluding carboxylic acids is 1. The molecule has 0 saturated heterocycles. The van der Waals surface area contributed by atoms with Crippen molar-refractivity contribution in [2.75, 3.05) is 37.8 Å². The normalized spacial score (nSPS) is 14.4. The Morgan fingerprint density at radius 3 is 2.80 bits per heavy atom. The van der Waals surface area contributed by atoms with E-state index in [9.17, 15) is 4.79 Å². The molecular weight excluding hydrogens is 270 g/mol. The summed E-state index contributed by atoms with van der Waals surface area (Å²) < 4.78 is 0. The summed E-state index contributed by atoms with van der Waals surface area (Å²) in [7, 11) is 0. The van der Waals surface area contributed by atoms with Gasteiger partial charge in [0.15, 0.2) is 0 Å². The van der Waals surface area contributed by atoms with Gasteiger partial charge in [-0.2, -0.15) is 0 Å². The Bertz CT molecular complexity index is 468. The highest BCUT2D eigenvalue weighted by atomic mass is 32.2. The number of benzene rings is 1. The maximum atomic E-state index is 11.8. The van der Waals surface area contributed by atoms with Crippen LogP contribution in [-0.2, 0) is 0 Å². The van der Waals surface area contributed by atoms with Gasteiger partial charge >= 0.3 is 6.03 Å². The van der Waals surface area contributed by atoms with E-state index in [1.54, 1.807) is 11.8 Å². The lowest BCUT2D eigenvalue weighted by Crippen LogP contribution is -2.32. The van der Waals surface area contributed by atoms with Crippen LogP contribution in [0.25, 0.3) is 0 Å². The Hall–Kier alpha value is -1.46. The first-order valence-corrected chi connectivity index (χ1v) is 8.07. The fraction of sp³-hybridized carbons (Fsp3) is 0.400. The van der Waals surface area contributed by atoms with Crippen LogP contribution in [0.4, 0.5) is 10.5 Å². The Labute approximate surface area is 124 Å². The third-order valence-corrected chi connectivity index (χ3v) is 3.98. The van der Waals surface area contributed by atoms with E-state index < -0.39 is 0 Å². The molecule has 4 nitrogen and oxygen atoms in total. The van der Waals surface area contributed by atoms with Crippen LogP contribution in [0.15, 0.2) is 41.3 Å². The van der Waals surface area contributed by atoms with E-state index in [2.05, 4.69) is 27.7 Å². The monoisotopic (exact) mass is 291 g/mol. The van der Waals surface area contributed by atoms with Crippen molar-refractivity contribution >= 4 is 23.5 Å². The van der Waals surface area contributed by atoms with Gasteiger partial charge < -0.3 is 10.6 Å².